The van der Waals surface area contributed by atoms with Gasteiger partial charge in [0.1, 0.15) is 0 Å². The molecule has 0 fully saturated rings. The van der Waals surface area contributed by atoms with Crippen LogP contribution >= 0.6 is 0 Å². The summed E-state index contributed by atoms with van der Waals surface area (Å²) in [5.74, 6) is -0.940. The number of carbonyl (C=O) groups is 2. The highest BCUT2D eigenvalue weighted by molar-refractivity contribution is 5.76. The number of nitrogens with one attached hydrogen (secondary N) is 2. The SMILES string of the molecule is CCCCCNC(=O)NC(CC(=O)O)c1ccccc1. The molecule has 0 saturated heterocycles. The third kappa shape index (κ3) is 6.22. The van der Waals surface area contributed by atoms with E-state index in [1.54, 1.807) is 0 Å². The Labute approximate surface area is 119 Å². The summed E-state index contributed by atoms with van der Waals surface area (Å²) in [6, 6.07) is 8.29. The van der Waals surface area contributed by atoms with Gasteiger partial charge >= 0.3 is 12.0 Å². The predicted molar refractivity (Wildman–Crippen MR) is 77.5 cm³/mol. The number of urea groups is 1. The van der Waals surface area contributed by atoms with Gasteiger partial charge in [-0.1, -0.05) is 50.1 Å². The van der Waals surface area contributed by atoms with Gasteiger partial charge in [-0.2, -0.15) is 0 Å². The number of amides is 2. The van der Waals surface area contributed by atoms with Crippen molar-refractivity contribution in [3.05, 3.63) is 35.9 Å². The smallest absolute Gasteiger partial charge is 0.315 e. The lowest BCUT2D eigenvalue weighted by molar-refractivity contribution is -0.137. The first-order chi connectivity index (χ1) is 9.63. The molecule has 110 valence electrons. The van der Waals surface area contributed by atoms with Crippen LogP contribution in [-0.4, -0.2) is 23.7 Å². The minimum Gasteiger partial charge on any atom is -0.481 e. The van der Waals surface area contributed by atoms with Crippen LogP contribution in [0, 0.1) is 0 Å². The second-order valence-corrected chi connectivity index (χ2v) is 4.67. The number of benzene rings is 1. The zero-order valence-electron chi connectivity index (χ0n) is 11.8. The van der Waals surface area contributed by atoms with Crippen molar-refractivity contribution in [1.82, 2.24) is 10.6 Å². The average Bonchev–Trinajstić information content (AvgIpc) is 2.43. The van der Waals surface area contributed by atoms with Crippen molar-refractivity contribution in [2.24, 2.45) is 0 Å². The standard InChI is InChI=1S/C15H22N2O3/c1-2-3-7-10-16-15(20)17-13(11-14(18)19)12-8-5-4-6-9-12/h4-6,8-9,13H,2-3,7,10-11H2,1H3,(H,18,19)(H2,16,17,20). The molecule has 0 aromatic heterocycles. The molecule has 0 saturated carbocycles. The van der Waals surface area contributed by atoms with Gasteiger partial charge in [-0.15, -0.1) is 0 Å². The lowest BCUT2D eigenvalue weighted by atomic mass is 10.0. The highest BCUT2D eigenvalue weighted by Crippen LogP contribution is 2.16. The number of carboxylic acid groups (broad SMARTS) is 1. The molecule has 20 heavy (non-hydrogen) atoms. The molecular formula is C15H22N2O3. The van der Waals surface area contributed by atoms with Crippen LogP contribution in [-0.2, 0) is 4.79 Å². The van der Waals surface area contributed by atoms with E-state index in [1.807, 2.05) is 30.3 Å². The molecule has 5 heteroatoms. The fourth-order valence-corrected chi connectivity index (χ4v) is 1.90. The molecule has 2 amide bonds. The number of hydrogen-bond acceptors (Lipinski definition) is 2. The van der Waals surface area contributed by atoms with Crippen LogP contribution in [0.5, 0.6) is 0 Å². The van der Waals surface area contributed by atoms with Crippen molar-refractivity contribution in [2.45, 2.75) is 38.6 Å². The van der Waals surface area contributed by atoms with Gasteiger partial charge in [-0.25, -0.2) is 4.79 Å². The fourth-order valence-electron chi connectivity index (χ4n) is 1.90. The molecule has 5 nitrogen and oxygen atoms in total. The molecule has 0 aliphatic heterocycles. The third-order valence-electron chi connectivity index (χ3n) is 2.95. The molecule has 1 rings (SSSR count). The summed E-state index contributed by atoms with van der Waals surface area (Å²) in [6.45, 7) is 2.70. The predicted octanol–water partition coefficient (Wildman–Crippen LogP) is 2.69. The molecule has 0 aliphatic rings. The molecule has 3 N–H and O–H groups in total. The third-order valence-corrected chi connectivity index (χ3v) is 2.95. The summed E-state index contributed by atoms with van der Waals surface area (Å²) < 4.78 is 0. The Hall–Kier alpha value is -2.04. The first kappa shape index (κ1) is 16.0. The molecular weight excluding hydrogens is 256 g/mol. The van der Waals surface area contributed by atoms with E-state index in [2.05, 4.69) is 17.6 Å². The van der Waals surface area contributed by atoms with Gasteiger partial charge in [0, 0.05) is 6.54 Å². The topological polar surface area (TPSA) is 78.4 Å². The molecule has 1 atom stereocenters. The molecule has 0 bridgehead atoms. The Morgan fingerprint density at radius 2 is 1.90 bits per heavy atom. The maximum Gasteiger partial charge on any atom is 0.315 e. The summed E-state index contributed by atoms with van der Waals surface area (Å²) in [6.07, 6.45) is 2.96. The highest BCUT2D eigenvalue weighted by Gasteiger charge is 2.17. The monoisotopic (exact) mass is 278 g/mol. The quantitative estimate of drug-likeness (QED) is 0.640. The first-order valence-electron chi connectivity index (χ1n) is 6.94. The van der Waals surface area contributed by atoms with Gasteiger partial charge in [-0.05, 0) is 12.0 Å². The van der Waals surface area contributed by atoms with Crippen LogP contribution in [0.15, 0.2) is 30.3 Å². The maximum atomic E-state index is 11.8. The molecule has 1 aromatic carbocycles. The minimum atomic E-state index is -0.940. The zero-order valence-corrected chi connectivity index (χ0v) is 11.8. The Morgan fingerprint density at radius 1 is 1.20 bits per heavy atom. The van der Waals surface area contributed by atoms with Crippen LogP contribution in [0.25, 0.3) is 0 Å². The average molecular weight is 278 g/mol. The van der Waals surface area contributed by atoms with E-state index in [-0.39, 0.29) is 12.5 Å². The number of carboxylic acids is 1. The van der Waals surface area contributed by atoms with E-state index in [9.17, 15) is 9.59 Å². The summed E-state index contributed by atoms with van der Waals surface area (Å²) in [4.78, 5) is 22.6. The van der Waals surface area contributed by atoms with Crippen LogP contribution < -0.4 is 10.6 Å². The van der Waals surface area contributed by atoms with Crippen molar-refractivity contribution in [3.8, 4) is 0 Å². The summed E-state index contributed by atoms with van der Waals surface area (Å²) >= 11 is 0. The minimum absolute atomic E-state index is 0.133. The normalized spacial score (nSPS) is 11.7. The molecule has 0 heterocycles. The van der Waals surface area contributed by atoms with E-state index in [0.717, 1.165) is 24.8 Å². The fraction of sp³-hybridized carbons (Fsp3) is 0.467. The van der Waals surface area contributed by atoms with Gasteiger partial charge in [0.25, 0.3) is 0 Å². The van der Waals surface area contributed by atoms with Crippen LogP contribution in [0.2, 0.25) is 0 Å². The Kier molecular flexibility index (Phi) is 7.17. The number of unbranched alkanes of at least 4 members (excludes halogenated alkanes) is 2. The second kappa shape index (κ2) is 8.96. The Bertz CT molecular complexity index is 420. The first-order valence-corrected chi connectivity index (χ1v) is 6.94. The van der Waals surface area contributed by atoms with Gasteiger partial charge in [-0.3, -0.25) is 4.79 Å². The van der Waals surface area contributed by atoms with Crippen LogP contribution in [0.3, 0.4) is 0 Å². The Balaban J connectivity index is 2.52. The van der Waals surface area contributed by atoms with Crippen LogP contribution in [0.4, 0.5) is 4.79 Å². The number of carbonyl (C=O) groups excluding carboxylic acids is 1. The van der Waals surface area contributed by atoms with Crippen LogP contribution in [0.1, 0.15) is 44.2 Å². The van der Waals surface area contributed by atoms with E-state index in [0.29, 0.717) is 6.54 Å². The van der Waals surface area contributed by atoms with E-state index in [4.69, 9.17) is 5.11 Å². The summed E-state index contributed by atoms with van der Waals surface area (Å²) in [7, 11) is 0. The lowest BCUT2D eigenvalue weighted by Gasteiger charge is -2.17. The largest absolute Gasteiger partial charge is 0.481 e. The van der Waals surface area contributed by atoms with Gasteiger partial charge < -0.3 is 15.7 Å². The van der Waals surface area contributed by atoms with Crippen molar-refractivity contribution in [2.75, 3.05) is 6.54 Å². The summed E-state index contributed by atoms with van der Waals surface area (Å²) in [5.41, 5.74) is 0.790. The Morgan fingerprint density at radius 3 is 2.50 bits per heavy atom. The number of hydrogen-bond donors (Lipinski definition) is 3. The number of aliphatic carboxylic acids is 1. The van der Waals surface area contributed by atoms with Gasteiger partial charge in [0.2, 0.25) is 0 Å². The second-order valence-electron chi connectivity index (χ2n) is 4.67. The highest BCUT2D eigenvalue weighted by atomic mass is 16.4. The molecule has 0 aliphatic carbocycles. The maximum absolute atomic E-state index is 11.8. The molecule has 0 radical (unpaired) electrons. The molecule has 1 aromatic rings. The number of rotatable bonds is 8. The van der Waals surface area contributed by atoms with E-state index >= 15 is 0 Å². The molecule has 1 unspecified atom stereocenters. The van der Waals surface area contributed by atoms with Gasteiger partial charge in [0.05, 0.1) is 12.5 Å². The molecule has 0 spiro atoms. The van der Waals surface area contributed by atoms with Crippen molar-refractivity contribution < 1.29 is 14.7 Å². The van der Waals surface area contributed by atoms with E-state index in [1.165, 1.54) is 0 Å². The van der Waals surface area contributed by atoms with Crippen molar-refractivity contribution in [3.63, 3.8) is 0 Å². The van der Waals surface area contributed by atoms with Gasteiger partial charge in [0.15, 0.2) is 0 Å². The van der Waals surface area contributed by atoms with E-state index < -0.39 is 12.0 Å². The van der Waals surface area contributed by atoms with Crippen molar-refractivity contribution >= 4 is 12.0 Å². The zero-order chi connectivity index (χ0) is 14.8. The summed E-state index contributed by atoms with van der Waals surface area (Å²) in [5, 5.41) is 14.4. The van der Waals surface area contributed by atoms with Crippen molar-refractivity contribution in [1.29, 1.82) is 0 Å². The lowest BCUT2D eigenvalue weighted by Crippen LogP contribution is -2.39.